The van der Waals surface area contributed by atoms with Crippen molar-refractivity contribution in [2.45, 2.75) is 6.42 Å². The standard InChI is InChI=1S/C17H20O8/c1-5-13(18)23-9-17(8-12(4)16(21)22,10-24-14(19)6-2)11-25-15(20)7-3/h5-7H,1-4,8-11H2,(H,21,22). The third-order valence-corrected chi connectivity index (χ3v) is 2.95. The summed E-state index contributed by atoms with van der Waals surface area (Å²) < 4.78 is 14.8. The van der Waals surface area contributed by atoms with Gasteiger partial charge in [0.2, 0.25) is 0 Å². The number of hydrogen-bond donors (Lipinski definition) is 1. The SMILES string of the molecule is C=CC(=O)OCC(COC(=O)C=C)(COC(=O)C=C)CC(=C)C(=O)O. The molecule has 0 saturated carbocycles. The average molecular weight is 352 g/mol. The van der Waals surface area contributed by atoms with Crippen molar-refractivity contribution < 1.29 is 38.5 Å². The predicted octanol–water partition coefficient (Wildman–Crippen LogP) is 1.19. The zero-order valence-corrected chi connectivity index (χ0v) is 13.7. The maximum atomic E-state index is 11.3. The van der Waals surface area contributed by atoms with Crippen LogP contribution in [0.5, 0.6) is 0 Å². The number of carboxylic acid groups (broad SMARTS) is 1. The summed E-state index contributed by atoms with van der Waals surface area (Å²) in [5.41, 5.74) is -1.61. The van der Waals surface area contributed by atoms with Crippen LogP contribution < -0.4 is 0 Å². The molecule has 0 rings (SSSR count). The van der Waals surface area contributed by atoms with Crippen molar-refractivity contribution in [2.75, 3.05) is 19.8 Å². The van der Waals surface area contributed by atoms with Gasteiger partial charge in [-0.05, 0) is 6.42 Å². The normalized spacial score (nSPS) is 10.1. The third kappa shape index (κ3) is 8.31. The molecule has 0 heterocycles. The Kier molecular flexibility index (Phi) is 9.25. The molecule has 0 radical (unpaired) electrons. The molecule has 25 heavy (non-hydrogen) atoms. The van der Waals surface area contributed by atoms with Crippen molar-refractivity contribution in [3.8, 4) is 0 Å². The van der Waals surface area contributed by atoms with E-state index in [1.807, 2.05) is 0 Å². The maximum Gasteiger partial charge on any atom is 0.330 e. The highest BCUT2D eigenvalue weighted by atomic mass is 16.6. The predicted molar refractivity (Wildman–Crippen MR) is 87.3 cm³/mol. The lowest BCUT2D eigenvalue weighted by Crippen LogP contribution is -2.40. The Labute approximate surface area is 145 Å². The number of carbonyl (C=O) groups excluding carboxylic acids is 3. The molecule has 0 aromatic rings. The van der Waals surface area contributed by atoms with Gasteiger partial charge in [-0.1, -0.05) is 26.3 Å². The highest BCUT2D eigenvalue weighted by Gasteiger charge is 2.37. The van der Waals surface area contributed by atoms with Crippen LogP contribution >= 0.6 is 0 Å². The van der Waals surface area contributed by atoms with E-state index in [9.17, 15) is 19.2 Å². The second-order valence-electron chi connectivity index (χ2n) is 5.02. The molecule has 8 nitrogen and oxygen atoms in total. The van der Waals surface area contributed by atoms with Crippen molar-refractivity contribution in [3.05, 3.63) is 50.1 Å². The van der Waals surface area contributed by atoms with Crippen molar-refractivity contribution in [2.24, 2.45) is 5.41 Å². The summed E-state index contributed by atoms with van der Waals surface area (Å²) in [7, 11) is 0. The molecule has 0 aliphatic rings. The molecule has 0 spiro atoms. The maximum absolute atomic E-state index is 11.3. The quantitative estimate of drug-likeness (QED) is 0.316. The van der Waals surface area contributed by atoms with Gasteiger partial charge in [-0.2, -0.15) is 0 Å². The number of carboxylic acids is 1. The van der Waals surface area contributed by atoms with Crippen molar-refractivity contribution in [3.63, 3.8) is 0 Å². The van der Waals surface area contributed by atoms with Gasteiger partial charge in [-0.25, -0.2) is 19.2 Å². The van der Waals surface area contributed by atoms with E-state index in [-0.39, 0.29) is 12.0 Å². The highest BCUT2D eigenvalue weighted by molar-refractivity contribution is 5.86. The molecule has 0 fully saturated rings. The number of rotatable bonds is 12. The number of ether oxygens (including phenoxy) is 3. The zero-order chi connectivity index (χ0) is 19.5. The average Bonchev–Trinajstić information content (AvgIpc) is 2.61. The van der Waals surface area contributed by atoms with E-state index in [0.717, 1.165) is 18.2 Å². The number of carbonyl (C=O) groups is 4. The fourth-order valence-corrected chi connectivity index (χ4v) is 1.66. The smallest absolute Gasteiger partial charge is 0.330 e. The third-order valence-electron chi connectivity index (χ3n) is 2.95. The summed E-state index contributed by atoms with van der Waals surface area (Å²) >= 11 is 0. The first-order valence-corrected chi connectivity index (χ1v) is 6.98. The molecule has 0 aliphatic carbocycles. The molecule has 0 bridgehead atoms. The van der Waals surface area contributed by atoms with Crippen LogP contribution in [0.4, 0.5) is 0 Å². The molecular weight excluding hydrogens is 332 g/mol. The van der Waals surface area contributed by atoms with Crippen molar-refractivity contribution in [1.82, 2.24) is 0 Å². The van der Waals surface area contributed by atoms with Crippen LogP contribution in [0.2, 0.25) is 0 Å². The fraction of sp³-hybridized carbons (Fsp3) is 0.294. The summed E-state index contributed by atoms with van der Waals surface area (Å²) in [6, 6.07) is 0. The van der Waals surface area contributed by atoms with Crippen LogP contribution in [-0.4, -0.2) is 48.8 Å². The summed E-state index contributed by atoms with van der Waals surface area (Å²) in [5.74, 6) is -3.65. The van der Waals surface area contributed by atoms with Crippen LogP contribution in [0.15, 0.2) is 50.1 Å². The van der Waals surface area contributed by atoms with Gasteiger partial charge in [0.05, 0.1) is 5.41 Å². The van der Waals surface area contributed by atoms with Gasteiger partial charge in [0.1, 0.15) is 19.8 Å². The first-order chi connectivity index (χ1) is 11.7. The molecule has 8 heteroatoms. The van der Waals surface area contributed by atoms with Gasteiger partial charge in [-0.3, -0.25) is 0 Å². The molecule has 0 aliphatic heterocycles. The van der Waals surface area contributed by atoms with Gasteiger partial charge in [0.25, 0.3) is 0 Å². The second-order valence-corrected chi connectivity index (χ2v) is 5.02. The van der Waals surface area contributed by atoms with Crippen molar-refractivity contribution in [1.29, 1.82) is 0 Å². The molecule has 0 aromatic heterocycles. The Morgan fingerprint density at radius 2 is 1.12 bits per heavy atom. The lowest BCUT2D eigenvalue weighted by Gasteiger charge is -2.31. The summed E-state index contributed by atoms with van der Waals surface area (Å²) in [5, 5.41) is 9.04. The molecule has 0 atom stereocenters. The van der Waals surface area contributed by atoms with E-state index >= 15 is 0 Å². The minimum absolute atomic E-state index is 0.251. The van der Waals surface area contributed by atoms with E-state index in [1.54, 1.807) is 0 Å². The van der Waals surface area contributed by atoms with E-state index in [1.165, 1.54) is 0 Å². The first-order valence-electron chi connectivity index (χ1n) is 6.98. The van der Waals surface area contributed by atoms with E-state index in [0.29, 0.717) is 0 Å². The first kappa shape index (κ1) is 21.8. The minimum Gasteiger partial charge on any atom is -0.478 e. The molecule has 136 valence electrons. The topological polar surface area (TPSA) is 116 Å². The number of esters is 3. The Morgan fingerprint density at radius 1 is 0.800 bits per heavy atom. The molecule has 0 aromatic carbocycles. The van der Waals surface area contributed by atoms with Crippen LogP contribution in [-0.2, 0) is 33.4 Å². The summed E-state index contributed by atoms with van der Waals surface area (Å²) in [6.45, 7) is 11.9. The monoisotopic (exact) mass is 352 g/mol. The van der Waals surface area contributed by atoms with Crippen LogP contribution in [0.1, 0.15) is 6.42 Å². The van der Waals surface area contributed by atoms with Gasteiger partial charge in [-0.15, -0.1) is 0 Å². The van der Waals surface area contributed by atoms with Gasteiger partial charge in [0, 0.05) is 23.8 Å². The molecule has 1 N–H and O–H groups in total. The Balaban J connectivity index is 5.52. The molecule has 0 unspecified atom stereocenters. The van der Waals surface area contributed by atoms with Gasteiger partial charge >= 0.3 is 23.9 Å². The van der Waals surface area contributed by atoms with E-state index in [4.69, 9.17) is 19.3 Å². The van der Waals surface area contributed by atoms with Crippen LogP contribution in [0, 0.1) is 5.41 Å². The van der Waals surface area contributed by atoms with Gasteiger partial charge in [0.15, 0.2) is 0 Å². The second kappa shape index (κ2) is 10.6. The van der Waals surface area contributed by atoms with Gasteiger partial charge < -0.3 is 19.3 Å². The van der Waals surface area contributed by atoms with Crippen LogP contribution in [0.25, 0.3) is 0 Å². The largest absolute Gasteiger partial charge is 0.478 e. The summed E-state index contributed by atoms with van der Waals surface area (Å²) in [4.78, 5) is 45.1. The molecule has 0 amide bonds. The van der Waals surface area contributed by atoms with Crippen LogP contribution in [0.3, 0.4) is 0 Å². The minimum atomic E-state index is -1.36. The Morgan fingerprint density at radius 3 is 1.36 bits per heavy atom. The van der Waals surface area contributed by atoms with E-state index in [2.05, 4.69) is 26.3 Å². The number of hydrogen-bond acceptors (Lipinski definition) is 7. The Bertz CT molecular complexity index is 528. The number of aliphatic carboxylic acids is 1. The lowest BCUT2D eigenvalue weighted by molar-refractivity contribution is -0.155. The molecular formula is C17H20O8. The zero-order valence-electron chi connectivity index (χ0n) is 13.7. The highest BCUT2D eigenvalue weighted by Crippen LogP contribution is 2.28. The fourth-order valence-electron chi connectivity index (χ4n) is 1.66. The molecule has 0 saturated heterocycles. The van der Waals surface area contributed by atoms with Crippen molar-refractivity contribution >= 4 is 23.9 Å². The Hall–Kier alpha value is -3.16. The lowest BCUT2D eigenvalue weighted by atomic mass is 9.83. The van der Waals surface area contributed by atoms with E-state index < -0.39 is 49.1 Å². The summed E-state index contributed by atoms with van der Waals surface area (Å²) in [6.07, 6.45) is 2.44.